The van der Waals surface area contributed by atoms with Gasteiger partial charge in [-0.15, -0.1) is 0 Å². The van der Waals surface area contributed by atoms with E-state index in [9.17, 15) is 0 Å². The Bertz CT molecular complexity index is 993. The summed E-state index contributed by atoms with van der Waals surface area (Å²) in [5, 5.41) is 1.65. The predicted octanol–water partition coefficient (Wildman–Crippen LogP) is 4.28. The van der Waals surface area contributed by atoms with Crippen LogP contribution in [0.5, 0.6) is 0 Å². The molecule has 4 rings (SSSR count). The lowest BCUT2D eigenvalue weighted by Crippen LogP contribution is -2.05. The third kappa shape index (κ3) is 3.38. The highest BCUT2D eigenvalue weighted by atomic mass is 35.5. The fourth-order valence-corrected chi connectivity index (χ4v) is 3.88. The van der Waals surface area contributed by atoms with Crippen molar-refractivity contribution in [1.82, 2.24) is 18.9 Å². The first-order valence-corrected chi connectivity index (χ1v) is 9.31. The molecule has 0 unspecified atom stereocenters. The second-order valence-electron chi connectivity index (χ2n) is 5.66. The molecule has 0 atom stereocenters. The zero-order valence-corrected chi connectivity index (χ0v) is 15.3. The van der Waals surface area contributed by atoms with Gasteiger partial charge in [0.05, 0.1) is 23.3 Å². The number of fused-ring (bicyclic) bond motifs is 2. The number of rotatable bonds is 6. The smallest absolute Gasteiger partial charge is 0.169 e. The maximum Gasteiger partial charge on any atom is 0.169 e. The van der Waals surface area contributed by atoms with E-state index in [0.717, 1.165) is 39.8 Å². The average Bonchev–Trinajstić information content (AvgIpc) is 3.18. The highest BCUT2D eigenvalue weighted by molar-refractivity contribution is 7.98. The van der Waals surface area contributed by atoms with Crippen LogP contribution in [-0.2, 0) is 17.0 Å². The monoisotopic (exact) mass is 372 g/mol. The molecule has 0 spiro atoms. The zero-order valence-electron chi connectivity index (χ0n) is 13.7. The summed E-state index contributed by atoms with van der Waals surface area (Å²) in [4.78, 5) is 9.39. The topological polar surface area (TPSA) is 44.4 Å². The number of thioether (sulfide) groups is 1. The van der Waals surface area contributed by atoms with Crippen LogP contribution in [-0.4, -0.2) is 32.7 Å². The molecular formula is C18H17ClN4OS. The van der Waals surface area contributed by atoms with Gasteiger partial charge < -0.3 is 13.7 Å². The molecular weight excluding hydrogens is 356 g/mol. The molecule has 0 aliphatic heterocycles. The number of methoxy groups -OCH3 is 1. The SMILES string of the molecule is COCCn1c(SCc2cn3ccccc3n2)nc2cc(Cl)ccc21. The normalized spacial score (nSPS) is 11.6. The standard InChI is InChI=1S/C18H17ClN4OS/c1-24-9-8-23-16-6-5-13(19)10-15(16)21-18(23)25-12-14-11-22-7-3-2-4-17(22)20-14/h2-7,10-11H,8-9,12H2,1H3. The first-order chi connectivity index (χ1) is 12.2. The minimum Gasteiger partial charge on any atom is -0.383 e. The highest BCUT2D eigenvalue weighted by Gasteiger charge is 2.12. The predicted molar refractivity (Wildman–Crippen MR) is 101 cm³/mol. The first kappa shape index (κ1) is 16.4. The summed E-state index contributed by atoms with van der Waals surface area (Å²) in [6.45, 7) is 1.39. The molecule has 128 valence electrons. The Kier molecular flexibility index (Phi) is 4.65. The molecule has 0 fully saturated rings. The minimum atomic E-state index is 0.635. The van der Waals surface area contributed by atoms with Crippen LogP contribution in [0.2, 0.25) is 5.02 Å². The summed E-state index contributed by atoms with van der Waals surface area (Å²) in [6.07, 6.45) is 4.06. The van der Waals surface area contributed by atoms with Crippen molar-refractivity contribution in [2.45, 2.75) is 17.5 Å². The first-order valence-electron chi connectivity index (χ1n) is 7.95. The molecule has 0 radical (unpaired) electrons. The van der Waals surface area contributed by atoms with Crippen LogP contribution in [0.25, 0.3) is 16.7 Å². The molecule has 0 amide bonds. The van der Waals surface area contributed by atoms with E-state index >= 15 is 0 Å². The fourth-order valence-electron chi connectivity index (χ4n) is 2.78. The van der Waals surface area contributed by atoms with Gasteiger partial charge >= 0.3 is 0 Å². The second kappa shape index (κ2) is 7.07. The molecule has 3 heterocycles. The van der Waals surface area contributed by atoms with Gasteiger partial charge in [0.2, 0.25) is 0 Å². The van der Waals surface area contributed by atoms with E-state index in [4.69, 9.17) is 21.3 Å². The molecule has 0 N–H and O–H groups in total. The Morgan fingerprint density at radius 1 is 1.20 bits per heavy atom. The quantitative estimate of drug-likeness (QED) is 0.474. The lowest BCUT2D eigenvalue weighted by atomic mass is 10.3. The summed E-state index contributed by atoms with van der Waals surface area (Å²) in [5.74, 6) is 0.756. The number of aromatic nitrogens is 4. The molecule has 0 bridgehead atoms. The molecule has 0 saturated heterocycles. The summed E-state index contributed by atoms with van der Waals surface area (Å²) in [7, 11) is 1.71. The van der Waals surface area contributed by atoms with Crippen molar-refractivity contribution in [2.75, 3.05) is 13.7 Å². The Labute approximate surface area is 154 Å². The number of nitrogens with zero attached hydrogens (tertiary/aromatic N) is 4. The minimum absolute atomic E-state index is 0.635. The van der Waals surface area contributed by atoms with Crippen LogP contribution in [0.3, 0.4) is 0 Å². The third-order valence-electron chi connectivity index (χ3n) is 3.96. The molecule has 4 aromatic rings. The van der Waals surface area contributed by atoms with Gasteiger partial charge in [-0.2, -0.15) is 0 Å². The summed E-state index contributed by atoms with van der Waals surface area (Å²) in [5.41, 5.74) is 3.96. The van der Waals surface area contributed by atoms with Gasteiger partial charge in [0, 0.05) is 36.8 Å². The molecule has 1 aromatic carbocycles. The van der Waals surface area contributed by atoms with Gasteiger partial charge in [-0.05, 0) is 30.3 Å². The van der Waals surface area contributed by atoms with Gasteiger partial charge in [-0.3, -0.25) is 0 Å². The molecule has 5 nitrogen and oxygen atoms in total. The number of pyridine rings is 1. The molecule has 7 heteroatoms. The van der Waals surface area contributed by atoms with Crippen LogP contribution >= 0.6 is 23.4 Å². The van der Waals surface area contributed by atoms with Crippen LogP contribution in [0.4, 0.5) is 0 Å². The van der Waals surface area contributed by atoms with E-state index in [0.29, 0.717) is 11.6 Å². The average molecular weight is 373 g/mol. The van der Waals surface area contributed by atoms with Crippen molar-refractivity contribution in [2.24, 2.45) is 0 Å². The molecule has 0 aliphatic carbocycles. The van der Waals surface area contributed by atoms with E-state index < -0.39 is 0 Å². The number of imidazole rings is 2. The van der Waals surface area contributed by atoms with Crippen molar-refractivity contribution in [3.63, 3.8) is 0 Å². The number of ether oxygens (including phenoxy) is 1. The van der Waals surface area contributed by atoms with Gasteiger partial charge in [-0.1, -0.05) is 29.4 Å². The van der Waals surface area contributed by atoms with Crippen molar-refractivity contribution in [3.8, 4) is 0 Å². The highest BCUT2D eigenvalue weighted by Crippen LogP contribution is 2.28. The van der Waals surface area contributed by atoms with E-state index in [1.54, 1.807) is 18.9 Å². The molecule has 3 aromatic heterocycles. The van der Waals surface area contributed by atoms with Crippen molar-refractivity contribution in [3.05, 3.63) is 59.5 Å². The molecule has 25 heavy (non-hydrogen) atoms. The largest absolute Gasteiger partial charge is 0.383 e. The molecule has 0 saturated carbocycles. The van der Waals surface area contributed by atoms with E-state index in [-0.39, 0.29) is 0 Å². The Balaban J connectivity index is 1.63. The number of hydrogen-bond acceptors (Lipinski definition) is 4. The van der Waals surface area contributed by atoms with Crippen LogP contribution in [0.15, 0.2) is 53.9 Å². The number of halogens is 1. The summed E-state index contributed by atoms with van der Waals surface area (Å²) < 4.78 is 9.45. The van der Waals surface area contributed by atoms with Crippen molar-refractivity contribution >= 4 is 40.0 Å². The molecule has 0 aliphatic rings. The lowest BCUT2D eigenvalue weighted by Gasteiger charge is -2.07. The van der Waals surface area contributed by atoms with Gasteiger partial charge in [0.15, 0.2) is 5.16 Å². The summed E-state index contributed by atoms with van der Waals surface area (Å²) in [6, 6.07) is 11.8. The Morgan fingerprint density at radius 3 is 2.96 bits per heavy atom. The van der Waals surface area contributed by atoms with E-state index in [1.165, 1.54) is 0 Å². The number of hydrogen-bond donors (Lipinski definition) is 0. The second-order valence-corrected chi connectivity index (χ2v) is 7.04. The summed E-state index contributed by atoms with van der Waals surface area (Å²) >= 11 is 7.78. The van der Waals surface area contributed by atoms with Crippen molar-refractivity contribution < 1.29 is 4.74 Å². The van der Waals surface area contributed by atoms with Crippen LogP contribution in [0.1, 0.15) is 5.69 Å². The fraction of sp³-hybridized carbons (Fsp3) is 0.222. The maximum atomic E-state index is 6.11. The Hall–Kier alpha value is -2.02. The van der Waals surface area contributed by atoms with Crippen molar-refractivity contribution in [1.29, 1.82) is 0 Å². The van der Waals surface area contributed by atoms with Crippen LogP contribution < -0.4 is 0 Å². The van der Waals surface area contributed by atoms with Gasteiger partial charge in [0.25, 0.3) is 0 Å². The van der Waals surface area contributed by atoms with Gasteiger partial charge in [-0.25, -0.2) is 9.97 Å². The zero-order chi connectivity index (χ0) is 17.2. The Morgan fingerprint density at radius 2 is 2.12 bits per heavy atom. The lowest BCUT2D eigenvalue weighted by molar-refractivity contribution is 0.186. The van der Waals surface area contributed by atoms with Gasteiger partial charge in [0.1, 0.15) is 5.65 Å². The van der Waals surface area contributed by atoms with Crippen LogP contribution in [0, 0.1) is 0 Å². The third-order valence-corrected chi connectivity index (χ3v) is 5.20. The maximum absolute atomic E-state index is 6.11. The van der Waals surface area contributed by atoms with E-state index in [2.05, 4.69) is 15.7 Å². The number of benzene rings is 1. The van der Waals surface area contributed by atoms with E-state index in [1.807, 2.05) is 47.0 Å².